The van der Waals surface area contributed by atoms with Crippen LogP contribution < -0.4 is 4.74 Å². The number of aromatic amines is 1. The number of hydrogen-bond donors (Lipinski definition) is 1. The van der Waals surface area contributed by atoms with E-state index in [1.54, 1.807) is 18.3 Å². The second-order valence-corrected chi connectivity index (χ2v) is 6.91. The van der Waals surface area contributed by atoms with Crippen molar-refractivity contribution in [3.63, 3.8) is 0 Å². The first-order chi connectivity index (χ1) is 13.7. The molecule has 1 aromatic carbocycles. The molecule has 0 amide bonds. The lowest BCUT2D eigenvalue weighted by molar-refractivity contribution is 0.0358. The van der Waals surface area contributed by atoms with E-state index in [2.05, 4.69) is 19.9 Å². The summed E-state index contributed by atoms with van der Waals surface area (Å²) in [6.07, 6.45) is 2.50. The minimum atomic E-state index is -0.427. The molecule has 1 aliphatic rings. The summed E-state index contributed by atoms with van der Waals surface area (Å²) < 4.78 is 16.3. The van der Waals surface area contributed by atoms with Gasteiger partial charge in [0.2, 0.25) is 5.28 Å². The van der Waals surface area contributed by atoms with Gasteiger partial charge in [0.25, 0.3) is 0 Å². The average molecular weight is 405 g/mol. The smallest absolute Gasteiger partial charge is 0.338 e. The first kappa shape index (κ1) is 18.9. The SMILES string of the molecule is COC(=O)c1cc(OCCCN2CCOCC2)c2[nH]c3nc(Cl)ncc3c2c1. The van der Waals surface area contributed by atoms with Gasteiger partial charge in [-0.15, -0.1) is 0 Å². The van der Waals surface area contributed by atoms with Gasteiger partial charge >= 0.3 is 5.97 Å². The zero-order valence-corrected chi connectivity index (χ0v) is 16.3. The maximum atomic E-state index is 12.1. The van der Waals surface area contributed by atoms with E-state index >= 15 is 0 Å². The molecule has 0 atom stereocenters. The van der Waals surface area contributed by atoms with E-state index in [-0.39, 0.29) is 5.28 Å². The van der Waals surface area contributed by atoms with Crippen molar-refractivity contribution >= 4 is 39.5 Å². The fourth-order valence-electron chi connectivity index (χ4n) is 3.37. The Morgan fingerprint density at radius 3 is 2.93 bits per heavy atom. The van der Waals surface area contributed by atoms with E-state index in [0.717, 1.165) is 55.6 Å². The fraction of sp³-hybridized carbons (Fsp3) is 0.421. The van der Waals surface area contributed by atoms with E-state index in [4.69, 9.17) is 25.8 Å². The molecule has 0 unspecified atom stereocenters. The van der Waals surface area contributed by atoms with Gasteiger partial charge in [-0.1, -0.05) is 0 Å². The Morgan fingerprint density at radius 1 is 1.32 bits per heavy atom. The number of H-pyrrole nitrogens is 1. The number of carbonyl (C=O) groups excluding carboxylic acids is 1. The molecule has 1 fully saturated rings. The lowest BCUT2D eigenvalue weighted by atomic mass is 10.1. The Balaban J connectivity index is 1.59. The maximum Gasteiger partial charge on any atom is 0.338 e. The summed E-state index contributed by atoms with van der Waals surface area (Å²) in [5.41, 5.74) is 1.76. The highest BCUT2D eigenvalue weighted by Gasteiger charge is 2.17. The summed E-state index contributed by atoms with van der Waals surface area (Å²) in [6, 6.07) is 3.44. The van der Waals surface area contributed by atoms with Crippen LogP contribution in [-0.2, 0) is 9.47 Å². The maximum absolute atomic E-state index is 12.1. The number of hydrogen-bond acceptors (Lipinski definition) is 7. The Morgan fingerprint density at radius 2 is 2.14 bits per heavy atom. The molecule has 1 saturated heterocycles. The first-order valence-corrected chi connectivity index (χ1v) is 9.52. The molecule has 4 rings (SSSR count). The third kappa shape index (κ3) is 3.89. The summed E-state index contributed by atoms with van der Waals surface area (Å²) >= 11 is 5.91. The Kier molecular flexibility index (Phi) is 5.61. The van der Waals surface area contributed by atoms with Crippen LogP contribution in [0.3, 0.4) is 0 Å². The Hall–Kier alpha value is -2.42. The molecule has 28 heavy (non-hydrogen) atoms. The molecule has 1 aliphatic heterocycles. The molecule has 0 radical (unpaired) electrons. The lowest BCUT2D eigenvalue weighted by Crippen LogP contribution is -2.37. The van der Waals surface area contributed by atoms with Crippen LogP contribution in [0.4, 0.5) is 0 Å². The minimum absolute atomic E-state index is 0.153. The topological polar surface area (TPSA) is 89.6 Å². The van der Waals surface area contributed by atoms with Crippen molar-refractivity contribution in [2.45, 2.75) is 6.42 Å². The van der Waals surface area contributed by atoms with Gasteiger partial charge in [-0.25, -0.2) is 9.78 Å². The highest BCUT2D eigenvalue weighted by atomic mass is 35.5. The predicted octanol–water partition coefficient (Wildman–Crippen LogP) is 2.65. The zero-order chi connectivity index (χ0) is 19.5. The van der Waals surface area contributed by atoms with Crippen LogP contribution in [0.25, 0.3) is 21.9 Å². The van der Waals surface area contributed by atoms with E-state index in [1.807, 2.05) is 0 Å². The van der Waals surface area contributed by atoms with Gasteiger partial charge in [-0.05, 0) is 30.2 Å². The van der Waals surface area contributed by atoms with Gasteiger partial charge in [0, 0.05) is 36.6 Å². The van der Waals surface area contributed by atoms with Gasteiger partial charge < -0.3 is 19.2 Å². The molecule has 0 aliphatic carbocycles. The van der Waals surface area contributed by atoms with Crippen molar-refractivity contribution < 1.29 is 19.0 Å². The minimum Gasteiger partial charge on any atom is -0.491 e. The van der Waals surface area contributed by atoms with Gasteiger partial charge in [-0.3, -0.25) is 4.90 Å². The van der Waals surface area contributed by atoms with E-state index < -0.39 is 5.97 Å². The van der Waals surface area contributed by atoms with Crippen LogP contribution in [0.1, 0.15) is 16.8 Å². The third-order valence-electron chi connectivity index (χ3n) is 4.80. The second-order valence-electron chi connectivity index (χ2n) is 6.57. The summed E-state index contributed by atoms with van der Waals surface area (Å²) in [7, 11) is 1.35. The van der Waals surface area contributed by atoms with E-state index in [1.165, 1.54) is 7.11 Å². The van der Waals surface area contributed by atoms with Gasteiger partial charge in [0.15, 0.2) is 0 Å². The Bertz CT molecular complexity index is 1000. The summed E-state index contributed by atoms with van der Waals surface area (Å²) in [6.45, 7) is 4.92. The molecule has 0 bridgehead atoms. The number of esters is 1. The number of morpholine rings is 1. The van der Waals surface area contributed by atoms with Crippen LogP contribution in [0, 0.1) is 0 Å². The molecule has 8 nitrogen and oxygen atoms in total. The average Bonchev–Trinajstić information content (AvgIpc) is 3.08. The van der Waals surface area contributed by atoms with Crippen LogP contribution in [-0.4, -0.2) is 72.4 Å². The predicted molar refractivity (Wildman–Crippen MR) is 105 cm³/mol. The van der Waals surface area contributed by atoms with Crippen LogP contribution in [0.5, 0.6) is 5.75 Å². The number of halogens is 1. The van der Waals surface area contributed by atoms with Crippen molar-refractivity contribution in [3.8, 4) is 5.75 Å². The monoisotopic (exact) mass is 404 g/mol. The molecule has 0 saturated carbocycles. The number of methoxy groups -OCH3 is 1. The fourth-order valence-corrected chi connectivity index (χ4v) is 3.51. The molecule has 3 heterocycles. The van der Waals surface area contributed by atoms with Crippen molar-refractivity contribution in [2.24, 2.45) is 0 Å². The molecule has 9 heteroatoms. The molecule has 1 N–H and O–H groups in total. The van der Waals surface area contributed by atoms with Crippen molar-refractivity contribution in [2.75, 3.05) is 46.6 Å². The number of rotatable bonds is 6. The molecule has 0 spiro atoms. The normalized spacial score (nSPS) is 15.2. The standard InChI is InChI=1S/C19H21ClN4O4/c1-26-18(25)12-9-13-14-11-21-19(20)23-17(14)22-16(13)15(10-12)28-6-2-3-24-4-7-27-8-5-24/h9-11H,2-8H2,1H3,(H,21,22,23). The van der Waals surface area contributed by atoms with Gasteiger partial charge in [0.1, 0.15) is 11.4 Å². The lowest BCUT2D eigenvalue weighted by Gasteiger charge is -2.26. The highest BCUT2D eigenvalue weighted by molar-refractivity contribution is 6.28. The number of nitrogens with one attached hydrogen (secondary N) is 1. The highest BCUT2D eigenvalue weighted by Crippen LogP contribution is 2.33. The second kappa shape index (κ2) is 8.30. The quantitative estimate of drug-likeness (QED) is 0.383. The number of ether oxygens (including phenoxy) is 3. The van der Waals surface area contributed by atoms with E-state index in [9.17, 15) is 4.79 Å². The first-order valence-electron chi connectivity index (χ1n) is 9.15. The van der Waals surface area contributed by atoms with Crippen molar-refractivity contribution in [1.29, 1.82) is 0 Å². The molecule has 3 aromatic rings. The summed E-state index contributed by atoms with van der Waals surface area (Å²) in [4.78, 5) is 25.9. The number of fused-ring (bicyclic) bond motifs is 3. The van der Waals surface area contributed by atoms with Crippen molar-refractivity contribution in [3.05, 3.63) is 29.2 Å². The third-order valence-corrected chi connectivity index (χ3v) is 4.98. The van der Waals surface area contributed by atoms with Crippen LogP contribution >= 0.6 is 11.6 Å². The largest absolute Gasteiger partial charge is 0.491 e. The number of carbonyl (C=O) groups is 1. The van der Waals surface area contributed by atoms with Crippen LogP contribution in [0.2, 0.25) is 5.28 Å². The molecular formula is C19H21ClN4O4. The van der Waals surface area contributed by atoms with Crippen LogP contribution in [0.15, 0.2) is 18.3 Å². The zero-order valence-electron chi connectivity index (χ0n) is 15.5. The van der Waals surface area contributed by atoms with Gasteiger partial charge in [-0.2, -0.15) is 4.98 Å². The van der Waals surface area contributed by atoms with Crippen molar-refractivity contribution in [1.82, 2.24) is 19.9 Å². The molecular weight excluding hydrogens is 384 g/mol. The number of aromatic nitrogens is 3. The summed E-state index contributed by atoms with van der Waals surface area (Å²) in [5, 5.41) is 1.71. The van der Waals surface area contributed by atoms with E-state index in [0.29, 0.717) is 23.6 Å². The molecule has 2 aromatic heterocycles. The molecule has 148 valence electrons. The Labute approximate surface area is 166 Å². The number of nitrogens with zero attached hydrogens (tertiary/aromatic N) is 3. The summed E-state index contributed by atoms with van der Waals surface area (Å²) in [5.74, 6) is 0.151. The van der Waals surface area contributed by atoms with Gasteiger partial charge in [0.05, 0.1) is 38.0 Å². The number of benzene rings is 1.